The van der Waals surface area contributed by atoms with Crippen LogP contribution < -0.4 is 11.4 Å². The van der Waals surface area contributed by atoms with Crippen molar-refractivity contribution in [2.75, 3.05) is 12.3 Å². The summed E-state index contributed by atoms with van der Waals surface area (Å²) in [6.45, 7) is 2.49. The van der Waals surface area contributed by atoms with Gasteiger partial charge in [-0.3, -0.25) is 4.57 Å². The molecule has 3 rings (SSSR count). The molecule has 1 aliphatic rings. The standard InChI is InChI=1S/C18H21N3O6/c1-17(10-26-13(22)11-6-4-3-5-7-11)14(23)18(2,25)15(27-17)21-9-8-12(19)20-16(21)24/h3-9,14-15,23,25H,10H2,1-2H3,(H2,19,20,24)/t14-,15-,17-,18-/m1/s1. The number of aromatic nitrogens is 2. The highest BCUT2D eigenvalue weighted by Crippen LogP contribution is 2.43. The molecule has 9 nitrogen and oxygen atoms in total. The summed E-state index contributed by atoms with van der Waals surface area (Å²) in [5.41, 5.74) is 1.80. The number of esters is 1. The zero-order valence-electron chi connectivity index (χ0n) is 14.9. The molecule has 0 bridgehead atoms. The van der Waals surface area contributed by atoms with Crippen molar-refractivity contribution in [3.63, 3.8) is 0 Å². The van der Waals surface area contributed by atoms with Gasteiger partial charge >= 0.3 is 11.7 Å². The SMILES string of the molecule is C[C@]1(O)[C@H](n2ccc(N)nc2=O)O[C@](C)(COC(=O)c2ccccc2)[C@H]1O. The van der Waals surface area contributed by atoms with E-state index in [1.54, 1.807) is 30.3 Å². The maximum Gasteiger partial charge on any atom is 0.351 e. The summed E-state index contributed by atoms with van der Waals surface area (Å²) >= 11 is 0. The summed E-state index contributed by atoms with van der Waals surface area (Å²) in [4.78, 5) is 27.8. The molecule has 1 aromatic heterocycles. The number of ether oxygens (including phenoxy) is 2. The lowest BCUT2D eigenvalue weighted by Crippen LogP contribution is -2.50. The lowest BCUT2D eigenvalue weighted by Gasteiger charge is -2.29. The monoisotopic (exact) mass is 375 g/mol. The van der Waals surface area contributed by atoms with Crippen LogP contribution in [-0.4, -0.2) is 49.6 Å². The van der Waals surface area contributed by atoms with Crippen molar-refractivity contribution in [2.24, 2.45) is 0 Å². The van der Waals surface area contributed by atoms with Crippen molar-refractivity contribution < 1.29 is 24.5 Å². The molecule has 2 aromatic rings. The molecule has 0 amide bonds. The number of aliphatic hydroxyl groups excluding tert-OH is 1. The minimum absolute atomic E-state index is 0.0222. The number of carbonyl (C=O) groups is 1. The quantitative estimate of drug-likeness (QED) is 0.639. The Labute approximate surface area is 155 Å². The Kier molecular flexibility index (Phi) is 4.77. The van der Waals surface area contributed by atoms with Gasteiger partial charge in [0, 0.05) is 6.20 Å². The van der Waals surface area contributed by atoms with Crippen LogP contribution in [0.4, 0.5) is 5.82 Å². The second kappa shape index (κ2) is 6.76. The fourth-order valence-corrected chi connectivity index (χ4v) is 3.11. The fourth-order valence-electron chi connectivity index (χ4n) is 3.11. The lowest BCUT2D eigenvalue weighted by atomic mass is 9.89. The Morgan fingerprint density at radius 3 is 2.63 bits per heavy atom. The molecule has 4 atom stereocenters. The molecule has 0 radical (unpaired) electrons. The minimum Gasteiger partial charge on any atom is -0.459 e. The Balaban J connectivity index is 1.82. The zero-order valence-corrected chi connectivity index (χ0v) is 14.9. The molecule has 0 spiro atoms. The molecular weight excluding hydrogens is 354 g/mol. The molecule has 27 heavy (non-hydrogen) atoms. The third kappa shape index (κ3) is 3.44. The molecule has 1 saturated heterocycles. The van der Waals surface area contributed by atoms with E-state index in [1.807, 2.05) is 0 Å². The van der Waals surface area contributed by atoms with Crippen molar-refractivity contribution in [3.05, 3.63) is 58.6 Å². The number of anilines is 1. The molecule has 4 N–H and O–H groups in total. The van der Waals surface area contributed by atoms with Gasteiger partial charge in [-0.05, 0) is 32.0 Å². The van der Waals surface area contributed by atoms with Crippen molar-refractivity contribution in [2.45, 2.75) is 37.4 Å². The van der Waals surface area contributed by atoms with Crippen LogP contribution in [0.15, 0.2) is 47.4 Å². The third-order valence-electron chi connectivity index (χ3n) is 4.62. The second-order valence-electron chi connectivity index (χ2n) is 6.90. The first-order valence-corrected chi connectivity index (χ1v) is 8.30. The van der Waals surface area contributed by atoms with E-state index in [0.29, 0.717) is 5.56 Å². The molecule has 144 valence electrons. The second-order valence-corrected chi connectivity index (χ2v) is 6.90. The average molecular weight is 375 g/mol. The minimum atomic E-state index is -1.84. The summed E-state index contributed by atoms with van der Waals surface area (Å²) in [5.74, 6) is -0.573. The van der Waals surface area contributed by atoms with E-state index < -0.39 is 35.2 Å². The van der Waals surface area contributed by atoms with Gasteiger partial charge in [0.25, 0.3) is 0 Å². The summed E-state index contributed by atoms with van der Waals surface area (Å²) < 4.78 is 12.1. The number of hydrogen-bond donors (Lipinski definition) is 3. The highest BCUT2D eigenvalue weighted by molar-refractivity contribution is 5.89. The molecule has 1 aromatic carbocycles. The molecule has 1 fully saturated rings. The number of rotatable bonds is 4. The summed E-state index contributed by atoms with van der Waals surface area (Å²) in [7, 11) is 0. The van der Waals surface area contributed by atoms with E-state index >= 15 is 0 Å². The van der Waals surface area contributed by atoms with Crippen LogP contribution in [0.3, 0.4) is 0 Å². The molecular formula is C18H21N3O6. The highest BCUT2D eigenvalue weighted by atomic mass is 16.6. The van der Waals surface area contributed by atoms with E-state index in [4.69, 9.17) is 15.2 Å². The van der Waals surface area contributed by atoms with Gasteiger partial charge in [-0.15, -0.1) is 0 Å². The van der Waals surface area contributed by atoms with Crippen LogP contribution in [0.2, 0.25) is 0 Å². The van der Waals surface area contributed by atoms with Gasteiger partial charge in [-0.25, -0.2) is 9.59 Å². The van der Waals surface area contributed by atoms with Crippen LogP contribution in [0.5, 0.6) is 0 Å². The van der Waals surface area contributed by atoms with E-state index in [9.17, 15) is 19.8 Å². The number of aliphatic hydroxyl groups is 2. The number of nitrogens with zero attached hydrogens (tertiary/aromatic N) is 2. The molecule has 0 saturated carbocycles. The smallest absolute Gasteiger partial charge is 0.351 e. The predicted molar refractivity (Wildman–Crippen MR) is 94.8 cm³/mol. The van der Waals surface area contributed by atoms with Gasteiger partial charge in [0.05, 0.1) is 5.56 Å². The largest absolute Gasteiger partial charge is 0.459 e. The Hall–Kier alpha value is -2.75. The Morgan fingerprint density at radius 2 is 2.00 bits per heavy atom. The van der Waals surface area contributed by atoms with Crippen LogP contribution >= 0.6 is 0 Å². The first-order chi connectivity index (χ1) is 12.6. The Bertz CT molecular complexity index is 897. The number of carbonyl (C=O) groups excluding carboxylic acids is 1. The van der Waals surface area contributed by atoms with Crippen molar-refractivity contribution in [1.82, 2.24) is 9.55 Å². The van der Waals surface area contributed by atoms with Gasteiger partial charge < -0.3 is 25.4 Å². The number of nitrogen functional groups attached to an aromatic ring is 1. The molecule has 0 unspecified atom stereocenters. The average Bonchev–Trinajstić information content (AvgIpc) is 2.81. The van der Waals surface area contributed by atoms with Crippen LogP contribution in [0.25, 0.3) is 0 Å². The topological polar surface area (TPSA) is 137 Å². The van der Waals surface area contributed by atoms with E-state index in [1.165, 1.54) is 26.1 Å². The van der Waals surface area contributed by atoms with Gasteiger partial charge in [-0.1, -0.05) is 18.2 Å². The van der Waals surface area contributed by atoms with Crippen molar-refractivity contribution in [1.29, 1.82) is 0 Å². The number of benzene rings is 1. The maximum atomic E-state index is 12.2. The summed E-state index contributed by atoms with van der Waals surface area (Å²) in [5, 5.41) is 21.4. The van der Waals surface area contributed by atoms with Gasteiger partial charge in [0.1, 0.15) is 29.7 Å². The third-order valence-corrected chi connectivity index (χ3v) is 4.62. The highest BCUT2D eigenvalue weighted by Gasteiger charge is 2.60. The van der Waals surface area contributed by atoms with Crippen LogP contribution in [0.1, 0.15) is 30.4 Å². The number of hydrogen-bond acceptors (Lipinski definition) is 8. The van der Waals surface area contributed by atoms with Crippen LogP contribution in [0, 0.1) is 0 Å². The maximum absolute atomic E-state index is 12.2. The predicted octanol–water partition coefficient (Wildman–Crippen LogP) is 0.0819. The summed E-state index contributed by atoms with van der Waals surface area (Å²) in [6, 6.07) is 9.71. The normalized spacial score (nSPS) is 30.2. The van der Waals surface area contributed by atoms with Gasteiger partial charge in [0.15, 0.2) is 6.23 Å². The van der Waals surface area contributed by atoms with Gasteiger partial charge in [0.2, 0.25) is 0 Å². The fraction of sp³-hybridized carbons (Fsp3) is 0.389. The molecule has 1 aliphatic heterocycles. The van der Waals surface area contributed by atoms with E-state index in [-0.39, 0.29) is 12.4 Å². The molecule has 0 aliphatic carbocycles. The first-order valence-electron chi connectivity index (χ1n) is 8.30. The van der Waals surface area contributed by atoms with Gasteiger partial charge in [-0.2, -0.15) is 4.98 Å². The zero-order chi connectivity index (χ0) is 19.8. The van der Waals surface area contributed by atoms with Crippen molar-refractivity contribution in [3.8, 4) is 0 Å². The van der Waals surface area contributed by atoms with E-state index in [2.05, 4.69) is 4.98 Å². The molecule has 2 heterocycles. The summed E-state index contributed by atoms with van der Waals surface area (Å²) in [6.07, 6.45) is -1.37. The first kappa shape index (κ1) is 19.0. The Morgan fingerprint density at radius 1 is 1.33 bits per heavy atom. The van der Waals surface area contributed by atoms with E-state index in [0.717, 1.165) is 4.57 Å². The lowest BCUT2D eigenvalue weighted by molar-refractivity contribution is -0.124. The number of nitrogens with two attached hydrogens (primary N) is 1. The molecule has 9 heteroatoms. The van der Waals surface area contributed by atoms with Crippen molar-refractivity contribution >= 4 is 11.8 Å². The van der Waals surface area contributed by atoms with Crippen LogP contribution in [-0.2, 0) is 9.47 Å².